The molecule has 0 radical (unpaired) electrons. The van der Waals surface area contributed by atoms with Gasteiger partial charge in [0.25, 0.3) is 0 Å². The summed E-state index contributed by atoms with van der Waals surface area (Å²) in [5.41, 5.74) is 6.98. The molecule has 0 saturated heterocycles. The molecular weight excluding hydrogens is 244 g/mol. The van der Waals surface area contributed by atoms with E-state index < -0.39 is 0 Å². The Morgan fingerprint density at radius 3 is 3.05 bits per heavy atom. The zero-order valence-electron chi connectivity index (χ0n) is 10.5. The summed E-state index contributed by atoms with van der Waals surface area (Å²) in [5, 5.41) is 15.5. The predicted molar refractivity (Wildman–Crippen MR) is 70.6 cm³/mol. The Balaban J connectivity index is 1.71. The standard InChI is InChI=1S/C11H14N8/c1-8-16-17-11-10(14-3-5-19(8)11)13-2-4-18-7-9(12)6-15-18/h3,5-7H,2,4,12H2,1H3,(H,13,14). The lowest BCUT2D eigenvalue weighted by Gasteiger charge is -2.06. The molecule has 0 amide bonds. The van der Waals surface area contributed by atoms with E-state index in [2.05, 4.69) is 25.6 Å². The molecule has 3 aromatic heterocycles. The summed E-state index contributed by atoms with van der Waals surface area (Å²) in [6.45, 7) is 3.28. The van der Waals surface area contributed by atoms with E-state index in [1.807, 2.05) is 17.5 Å². The minimum atomic E-state index is 0.660. The number of nitrogen functional groups attached to an aromatic ring is 1. The van der Waals surface area contributed by atoms with Crippen LogP contribution in [0.25, 0.3) is 5.65 Å². The van der Waals surface area contributed by atoms with Crippen molar-refractivity contribution in [2.75, 3.05) is 17.6 Å². The molecule has 0 aliphatic carbocycles. The van der Waals surface area contributed by atoms with Crippen molar-refractivity contribution in [3.8, 4) is 0 Å². The van der Waals surface area contributed by atoms with Gasteiger partial charge in [-0.1, -0.05) is 0 Å². The van der Waals surface area contributed by atoms with Crippen molar-refractivity contribution in [3.05, 3.63) is 30.6 Å². The third-order valence-electron chi connectivity index (χ3n) is 2.78. The highest BCUT2D eigenvalue weighted by Crippen LogP contribution is 2.11. The number of nitrogens with one attached hydrogen (secondary N) is 1. The smallest absolute Gasteiger partial charge is 0.203 e. The van der Waals surface area contributed by atoms with Crippen LogP contribution in [-0.2, 0) is 6.54 Å². The van der Waals surface area contributed by atoms with Gasteiger partial charge >= 0.3 is 0 Å². The second-order valence-electron chi connectivity index (χ2n) is 4.18. The maximum Gasteiger partial charge on any atom is 0.203 e. The maximum absolute atomic E-state index is 5.60. The minimum absolute atomic E-state index is 0.660. The normalized spacial score (nSPS) is 11.0. The van der Waals surface area contributed by atoms with Gasteiger partial charge in [0.05, 0.1) is 18.4 Å². The largest absolute Gasteiger partial charge is 0.396 e. The van der Waals surface area contributed by atoms with E-state index in [1.54, 1.807) is 23.3 Å². The minimum Gasteiger partial charge on any atom is -0.396 e. The molecule has 8 heteroatoms. The lowest BCUT2D eigenvalue weighted by molar-refractivity contribution is 0.637. The van der Waals surface area contributed by atoms with Crippen LogP contribution in [0.3, 0.4) is 0 Å². The number of anilines is 2. The molecule has 3 aromatic rings. The molecule has 0 spiro atoms. The second kappa shape index (κ2) is 4.56. The molecule has 0 aliphatic heterocycles. The van der Waals surface area contributed by atoms with E-state index in [1.165, 1.54) is 0 Å². The van der Waals surface area contributed by atoms with Crippen molar-refractivity contribution >= 4 is 17.2 Å². The number of aromatic nitrogens is 6. The quantitative estimate of drug-likeness (QED) is 0.699. The first-order chi connectivity index (χ1) is 9.24. The van der Waals surface area contributed by atoms with E-state index in [-0.39, 0.29) is 0 Å². The molecule has 3 rings (SSSR count). The van der Waals surface area contributed by atoms with Crippen LogP contribution < -0.4 is 11.1 Å². The fourth-order valence-electron chi connectivity index (χ4n) is 1.86. The fourth-order valence-corrected chi connectivity index (χ4v) is 1.86. The van der Waals surface area contributed by atoms with Crippen molar-refractivity contribution < 1.29 is 0 Å². The third-order valence-corrected chi connectivity index (χ3v) is 2.78. The topological polar surface area (TPSA) is 99.0 Å². The summed E-state index contributed by atoms with van der Waals surface area (Å²) in [6.07, 6.45) is 6.97. The molecule has 0 aliphatic rings. The number of aryl methyl sites for hydroxylation is 1. The molecule has 0 saturated carbocycles. The van der Waals surface area contributed by atoms with Gasteiger partial charge in [0, 0.05) is 25.1 Å². The molecule has 8 nitrogen and oxygen atoms in total. The van der Waals surface area contributed by atoms with Crippen LogP contribution in [0.1, 0.15) is 5.82 Å². The van der Waals surface area contributed by atoms with Gasteiger partial charge in [-0.2, -0.15) is 5.10 Å². The van der Waals surface area contributed by atoms with Crippen LogP contribution in [0.5, 0.6) is 0 Å². The predicted octanol–water partition coefficient (Wildman–Crippen LogP) is 0.324. The van der Waals surface area contributed by atoms with Gasteiger partial charge in [-0.15, -0.1) is 10.2 Å². The molecule has 3 heterocycles. The Morgan fingerprint density at radius 1 is 1.37 bits per heavy atom. The fraction of sp³-hybridized carbons (Fsp3) is 0.273. The van der Waals surface area contributed by atoms with Crippen LogP contribution in [0, 0.1) is 6.92 Å². The highest BCUT2D eigenvalue weighted by molar-refractivity contribution is 5.61. The molecule has 0 atom stereocenters. The zero-order valence-corrected chi connectivity index (χ0v) is 10.5. The van der Waals surface area contributed by atoms with E-state index in [9.17, 15) is 0 Å². The summed E-state index contributed by atoms with van der Waals surface area (Å²) < 4.78 is 3.67. The second-order valence-corrected chi connectivity index (χ2v) is 4.18. The number of fused-ring (bicyclic) bond motifs is 1. The van der Waals surface area contributed by atoms with Gasteiger partial charge in [-0.05, 0) is 6.92 Å². The van der Waals surface area contributed by atoms with Gasteiger partial charge in [0.1, 0.15) is 5.82 Å². The van der Waals surface area contributed by atoms with Crippen molar-refractivity contribution in [3.63, 3.8) is 0 Å². The summed E-state index contributed by atoms with van der Waals surface area (Å²) in [4.78, 5) is 4.27. The van der Waals surface area contributed by atoms with Gasteiger partial charge in [-0.3, -0.25) is 9.08 Å². The SMILES string of the molecule is Cc1nnc2c(NCCn3cc(N)cn3)nccn12. The highest BCUT2D eigenvalue weighted by atomic mass is 15.3. The Labute approximate surface area is 109 Å². The van der Waals surface area contributed by atoms with Gasteiger partial charge in [0.2, 0.25) is 5.65 Å². The molecule has 0 aromatic carbocycles. The number of nitrogens with two attached hydrogens (primary N) is 1. The number of hydrogen-bond donors (Lipinski definition) is 2. The average Bonchev–Trinajstić information content (AvgIpc) is 2.98. The summed E-state index contributed by atoms with van der Waals surface area (Å²) in [7, 11) is 0. The molecule has 0 fully saturated rings. The van der Waals surface area contributed by atoms with Crippen LogP contribution >= 0.6 is 0 Å². The summed E-state index contributed by atoms with van der Waals surface area (Å²) in [6, 6.07) is 0. The van der Waals surface area contributed by atoms with E-state index in [0.29, 0.717) is 24.6 Å². The Bertz CT molecular complexity index is 698. The van der Waals surface area contributed by atoms with Crippen LogP contribution in [0.15, 0.2) is 24.8 Å². The molecule has 19 heavy (non-hydrogen) atoms. The molecule has 0 unspecified atom stereocenters. The van der Waals surface area contributed by atoms with Crippen LogP contribution in [0.4, 0.5) is 11.5 Å². The van der Waals surface area contributed by atoms with Crippen LogP contribution in [-0.4, -0.2) is 35.9 Å². The van der Waals surface area contributed by atoms with E-state index >= 15 is 0 Å². The van der Waals surface area contributed by atoms with Gasteiger partial charge in [-0.25, -0.2) is 4.98 Å². The van der Waals surface area contributed by atoms with Crippen molar-refractivity contribution in [1.29, 1.82) is 0 Å². The van der Waals surface area contributed by atoms with Gasteiger partial charge < -0.3 is 11.1 Å². The average molecular weight is 258 g/mol. The lowest BCUT2D eigenvalue weighted by atomic mass is 10.5. The van der Waals surface area contributed by atoms with Gasteiger partial charge in [0.15, 0.2) is 5.82 Å². The Hall–Kier alpha value is -2.64. The number of rotatable bonds is 4. The first-order valence-electron chi connectivity index (χ1n) is 5.92. The number of nitrogens with zero attached hydrogens (tertiary/aromatic N) is 6. The lowest BCUT2D eigenvalue weighted by Crippen LogP contribution is -2.12. The maximum atomic E-state index is 5.60. The molecular formula is C11H14N8. The number of hydrogen-bond acceptors (Lipinski definition) is 6. The van der Waals surface area contributed by atoms with E-state index in [0.717, 1.165) is 11.5 Å². The van der Waals surface area contributed by atoms with Crippen molar-refractivity contribution in [2.24, 2.45) is 0 Å². The molecule has 98 valence electrons. The molecule has 3 N–H and O–H groups in total. The summed E-state index contributed by atoms with van der Waals surface area (Å²) in [5.74, 6) is 1.54. The first kappa shape index (κ1) is 11.5. The Kier molecular flexibility index (Phi) is 2.75. The highest BCUT2D eigenvalue weighted by Gasteiger charge is 2.06. The Morgan fingerprint density at radius 2 is 2.26 bits per heavy atom. The van der Waals surface area contributed by atoms with Crippen molar-refractivity contribution in [2.45, 2.75) is 13.5 Å². The third kappa shape index (κ3) is 2.19. The first-order valence-corrected chi connectivity index (χ1v) is 5.92. The zero-order chi connectivity index (χ0) is 13.2. The summed E-state index contributed by atoms with van der Waals surface area (Å²) >= 11 is 0. The monoisotopic (exact) mass is 258 g/mol. The van der Waals surface area contributed by atoms with Crippen molar-refractivity contribution in [1.82, 2.24) is 29.4 Å². The molecule has 0 bridgehead atoms. The van der Waals surface area contributed by atoms with E-state index in [4.69, 9.17) is 5.73 Å². The van der Waals surface area contributed by atoms with Crippen LogP contribution in [0.2, 0.25) is 0 Å².